The van der Waals surface area contributed by atoms with Gasteiger partial charge >= 0.3 is 10.4 Å². The van der Waals surface area contributed by atoms with Crippen molar-refractivity contribution in [2.45, 2.75) is 31.5 Å². The Bertz CT molecular complexity index is 788. The molecule has 2 rings (SSSR count). The van der Waals surface area contributed by atoms with Gasteiger partial charge in [-0.15, -0.1) is 13.2 Å². The van der Waals surface area contributed by atoms with E-state index in [9.17, 15) is 8.42 Å². The van der Waals surface area contributed by atoms with Gasteiger partial charge in [-0.3, -0.25) is 0 Å². The summed E-state index contributed by atoms with van der Waals surface area (Å²) in [6, 6.07) is 18.7. The second-order valence-corrected chi connectivity index (χ2v) is 7.29. The van der Waals surface area contributed by atoms with Gasteiger partial charge in [0, 0.05) is 6.42 Å². The van der Waals surface area contributed by atoms with Gasteiger partial charge < -0.3 is 0 Å². The maximum atomic E-state index is 12.4. The molecule has 0 radical (unpaired) electrons. The van der Waals surface area contributed by atoms with Gasteiger partial charge in [-0.05, 0) is 24.0 Å². The summed E-state index contributed by atoms with van der Waals surface area (Å²) in [5, 5.41) is 0. The Hall–Kier alpha value is -2.21. The average molecular weight is 372 g/mol. The van der Waals surface area contributed by atoms with Gasteiger partial charge in [-0.2, -0.15) is 8.42 Å². The van der Waals surface area contributed by atoms with Crippen molar-refractivity contribution < 1.29 is 16.8 Å². The third-order valence-electron chi connectivity index (χ3n) is 3.89. The summed E-state index contributed by atoms with van der Waals surface area (Å²) in [6.45, 7) is 7.41. The Labute approximate surface area is 156 Å². The zero-order valence-electron chi connectivity index (χ0n) is 14.7. The van der Waals surface area contributed by atoms with Crippen molar-refractivity contribution in [2.24, 2.45) is 0 Å². The van der Waals surface area contributed by atoms with Crippen LogP contribution in [-0.4, -0.2) is 14.0 Å². The topological polar surface area (TPSA) is 52.6 Å². The highest BCUT2D eigenvalue weighted by atomic mass is 32.3. The highest BCUT2D eigenvalue weighted by Crippen LogP contribution is 2.30. The fourth-order valence-electron chi connectivity index (χ4n) is 2.77. The first kappa shape index (κ1) is 20.1. The van der Waals surface area contributed by atoms with Crippen LogP contribution in [0.1, 0.15) is 24.0 Å². The monoisotopic (exact) mass is 372 g/mol. The van der Waals surface area contributed by atoms with Gasteiger partial charge in [-0.25, -0.2) is 8.37 Å². The lowest BCUT2D eigenvalue weighted by atomic mass is 9.88. The standard InChI is InChI=1S/C21H24O4S/c1-3-15-21(16-4-2,17-19-11-7-5-8-12-19)25-26(22,23)24-18-20-13-9-6-10-14-20/h3-14H,1-2,15-18H2. The molecule has 0 N–H and O–H groups in total. The van der Waals surface area contributed by atoms with Crippen LogP contribution in [0.5, 0.6) is 0 Å². The SMILES string of the molecule is C=CCC(CC=C)(Cc1ccccc1)OS(=O)(=O)OCc1ccccc1. The largest absolute Gasteiger partial charge is 0.400 e. The lowest BCUT2D eigenvalue weighted by molar-refractivity contribution is 0.0565. The molecule has 0 atom stereocenters. The molecule has 4 nitrogen and oxygen atoms in total. The Kier molecular flexibility index (Phi) is 7.33. The van der Waals surface area contributed by atoms with Crippen LogP contribution in [0.25, 0.3) is 0 Å². The maximum absolute atomic E-state index is 12.4. The first-order valence-corrected chi connectivity index (χ1v) is 9.71. The fourth-order valence-corrected chi connectivity index (χ4v) is 3.73. The van der Waals surface area contributed by atoms with Crippen LogP contribution in [0.3, 0.4) is 0 Å². The molecule has 0 unspecified atom stereocenters. The average Bonchev–Trinajstić information content (AvgIpc) is 2.62. The van der Waals surface area contributed by atoms with Crippen LogP contribution in [0, 0.1) is 0 Å². The first-order chi connectivity index (χ1) is 12.5. The predicted octanol–water partition coefficient (Wildman–Crippen LogP) is 4.60. The van der Waals surface area contributed by atoms with Crippen molar-refractivity contribution in [3.8, 4) is 0 Å². The molecule has 0 saturated carbocycles. The summed E-state index contributed by atoms with van der Waals surface area (Å²) in [4.78, 5) is 0. The normalized spacial score (nSPS) is 11.8. The van der Waals surface area contributed by atoms with Crippen molar-refractivity contribution in [2.75, 3.05) is 0 Å². The van der Waals surface area contributed by atoms with E-state index >= 15 is 0 Å². The number of hydrogen-bond acceptors (Lipinski definition) is 4. The maximum Gasteiger partial charge on any atom is 0.400 e. The molecule has 0 heterocycles. The predicted molar refractivity (Wildman–Crippen MR) is 104 cm³/mol. The molecule has 0 aliphatic rings. The highest BCUT2D eigenvalue weighted by molar-refractivity contribution is 7.81. The minimum Gasteiger partial charge on any atom is -0.243 e. The molecule has 0 aliphatic heterocycles. The van der Waals surface area contributed by atoms with Crippen molar-refractivity contribution in [1.29, 1.82) is 0 Å². The summed E-state index contributed by atoms with van der Waals surface area (Å²) >= 11 is 0. The Morgan fingerprint density at radius 1 is 0.846 bits per heavy atom. The Morgan fingerprint density at radius 2 is 1.35 bits per heavy atom. The van der Waals surface area contributed by atoms with E-state index in [2.05, 4.69) is 13.2 Å². The lowest BCUT2D eigenvalue weighted by Crippen LogP contribution is -2.37. The summed E-state index contributed by atoms with van der Waals surface area (Å²) in [7, 11) is -4.20. The second-order valence-electron chi connectivity index (χ2n) is 6.07. The van der Waals surface area contributed by atoms with E-state index in [1.54, 1.807) is 24.3 Å². The molecule has 2 aromatic carbocycles. The van der Waals surface area contributed by atoms with Gasteiger partial charge in [0.2, 0.25) is 0 Å². The van der Waals surface area contributed by atoms with Crippen LogP contribution in [0.4, 0.5) is 0 Å². The van der Waals surface area contributed by atoms with Crippen LogP contribution in [0.2, 0.25) is 0 Å². The van der Waals surface area contributed by atoms with Crippen molar-refractivity contribution in [1.82, 2.24) is 0 Å². The van der Waals surface area contributed by atoms with Gasteiger partial charge in [0.1, 0.15) is 5.60 Å². The second kappa shape index (κ2) is 9.48. The molecule has 0 bridgehead atoms. The zero-order chi connectivity index (χ0) is 18.9. The van der Waals surface area contributed by atoms with E-state index in [0.717, 1.165) is 11.1 Å². The summed E-state index contributed by atoms with van der Waals surface area (Å²) < 4.78 is 35.5. The van der Waals surface area contributed by atoms with Crippen molar-refractivity contribution in [3.63, 3.8) is 0 Å². The first-order valence-electron chi connectivity index (χ1n) is 8.38. The molecule has 2 aromatic rings. The lowest BCUT2D eigenvalue weighted by Gasteiger charge is -2.31. The number of hydrogen-bond donors (Lipinski definition) is 0. The molecule has 26 heavy (non-hydrogen) atoms. The van der Waals surface area contributed by atoms with Crippen LogP contribution in [0.15, 0.2) is 86.0 Å². The van der Waals surface area contributed by atoms with Gasteiger partial charge in [0.25, 0.3) is 0 Å². The highest BCUT2D eigenvalue weighted by Gasteiger charge is 2.35. The fraction of sp³-hybridized carbons (Fsp3) is 0.238. The van der Waals surface area contributed by atoms with Crippen LogP contribution >= 0.6 is 0 Å². The Morgan fingerprint density at radius 3 is 1.85 bits per heavy atom. The van der Waals surface area contributed by atoms with Crippen LogP contribution in [-0.2, 0) is 31.8 Å². The van der Waals surface area contributed by atoms with Gasteiger partial charge in [-0.1, -0.05) is 72.8 Å². The van der Waals surface area contributed by atoms with E-state index in [4.69, 9.17) is 8.37 Å². The molecule has 5 heteroatoms. The zero-order valence-corrected chi connectivity index (χ0v) is 15.5. The summed E-state index contributed by atoms with van der Waals surface area (Å²) in [5.74, 6) is 0. The number of benzene rings is 2. The van der Waals surface area contributed by atoms with Crippen LogP contribution < -0.4 is 0 Å². The minimum absolute atomic E-state index is 0.0766. The van der Waals surface area contributed by atoms with Gasteiger partial charge in [0.05, 0.1) is 6.61 Å². The molecule has 0 spiro atoms. The third kappa shape index (κ3) is 6.26. The molecule has 0 aromatic heterocycles. The summed E-state index contributed by atoms with van der Waals surface area (Å²) in [6.07, 6.45) is 4.40. The van der Waals surface area contributed by atoms with E-state index in [-0.39, 0.29) is 6.61 Å². The van der Waals surface area contributed by atoms with E-state index < -0.39 is 16.0 Å². The molecule has 0 fully saturated rings. The molecule has 0 aliphatic carbocycles. The molecule has 138 valence electrons. The third-order valence-corrected chi connectivity index (χ3v) is 4.86. The van der Waals surface area contributed by atoms with E-state index in [0.29, 0.717) is 19.3 Å². The molecule has 0 amide bonds. The van der Waals surface area contributed by atoms with E-state index in [1.807, 2.05) is 48.5 Å². The van der Waals surface area contributed by atoms with E-state index in [1.165, 1.54) is 0 Å². The smallest absolute Gasteiger partial charge is 0.243 e. The molecular formula is C21H24O4S. The minimum atomic E-state index is -4.20. The van der Waals surface area contributed by atoms with Crippen molar-refractivity contribution >= 4 is 10.4 Å². The molecular weight excluding hydrogens is 348 g/mol. The number of rotatable bonds is 11. The quantitative estimate of drug-likeness (QED) is 0.541. The Balaban J connectivity index is 2.18. The summed E-state index contributed by atoms with van der Waals surface area (Å²) in [5.41, 5.74) is 0.704. The molecule has 0 saturated heterocycles. The van der Waals surface area contributed by atoms with Crippen molar-refractivity contribution in [3.05, 3.63) is 97.1 Å². The van der Waals surface area contributed by atoms with Gasteiger partial charge in [0.15, 0.2) is 0 Å².